The Labute approximate surface area is 213 Å². The van der Waals surface area contributed by atoms with Crippen molar-refractivity contribution in [1.82, 2.24) is 19.3 Å². The Morgan fingerprint density at radius 3 is 2.39 bits per heavy atom. The van der Waals surface area contributed by atoms with Crippen molar-refractivity contribution >= 4 is 20.9 Å². The second kappa shape index (κ2) is 9.14. The van der Waals surface area contributed by atoms with Crippen molar-refractivity contribution in [2.75, 3.05) is 0 Å². The largest absolute Gasteiger partial charge is 0.404 e. The van der Waals surface area contributed by atoms with Gasteiger partial charge in [0.1, 0.15) is 34.5 Å². The van der Waals surface area contributed by atoms with Crippen LogP contribution in [0.5, 0.6) is 0 Å². The highest BCUT2D eigenvalue weighted by atomic mass is 32.2. The van der Waals surface area contributed by atoms with Crippen LogP contribution >= 0.6 is 0 Å². The fourth-order valence-corrected chi connectivity index (χ4v) is 5.35. The summed E-state index contributed by atoms with van der Waals surface area (Å²) >= 11 is 0. The third kappa shape index (κ3) is 4.61. The maximum atomic E-state index is 14.9. The van der Waals surface area contributed by atoms with Crippen LogP contribution in [0.1, 0.15) is 36.8 Å². The van der Waals surface area contributed by atoms with E-state index >= 15 is 0 Å². The normalized spacial score (nSPS) is 15.0. The van der Waals surface area contributed by atoms with Gasteiger partial charge in [-0.3, -0.25) is 9.55 Å². The Balaban J connectivity index is 1.69. The summed E-state index contributed by atoms with van der Waals surface area (Å²) in [6, 6.07) is 7.34. The van der Waals surface area contributed by atoms with E-state index in [0.717, 1.165) is 37.4 Å². The van der Waals surface area contributed by atoms with Gasteiger partial charge in [-0.2, -0.15) is 23.2 Å². The molecule has 3 heterocycles. The minimum absolute atomic E-state index is 0.0132. The van der Waals surface area contributed by atoms with E-state index in [0.29, 0.717) is 18.0 Å². The Bertz CT molecular complexity index is 1690. The van der Waals surface area contributed by atoms with Crippen molar-refractivity contribution < 1.29 is 30.4 Å². The van der Waals surface area contributed by atoms with E-state index in [-0.39, 0.29) is 34.1 Å². The zero-order valence-corrected chi connectivity index (χ0v) is 20.4. The van der Waals surface area contributed by atoms with E-state index in [1.54, 1.807) is 10.8 Å². The molecular weight excluding hydrogens is 529 g/mol. The van der Waals surface area contributed by atoms with Crippen molar-refractivity contribution in [2.45, 2.75) is 42.8 Å². The quantitative estimate of drug-likeness (QED) is 0.328. The molecule has 4 aromatic rings. The van der Waals surface area contributed by atoms with Crippen LogP contribution in [0.3, 0.4) is 0 Å². The van der Waals surface area contributed by atoms with Crippen molar-refractivity contribution in [3.05, 3.63) is 71.6 Å². The Morgan fingerprint density at radius 1 is 1.11 bits per heavy atom. The van der Waals surface area contributed by atoms with E-state index in [9.17, 15) is 35.6 Å². The molecule has 0 radical (unpaired) electrons. The predicted molar refractivity (Wildman–Crippen MR) is 127 cm³/mol. The molecule has 38 heavy (non-hydrogen) atoms. The molecule has 1 atom stereocenters. The summed E-state index contributed by atoms with van der Waals surface area (Å²) < 4.78 is 95.2. The summed E-state index contributed by atoms with van der Waals surface area (Å²) in [7, 11) is -4.57. The van der Waals surface area contributed by atoms with Gasteiger partial charge in [0.05, 0.1) is 28.7 Å². The predicted octanol–water partition coefficient (Wildman–Crippen LogP) is 5.34. The zero-order chi connectivity index (χ0) is 27.4. The van der Waals surface area contributed by atoms with Crippen molar-refractivity contribution in [3.8, 4) is 23.3 Å². The average molecular weight is 548 g/mol. The third-order valence-corrected chi connectivity index (χ3v) is 7.79. The summed E-state index contributed by atoms with van der Waals surface area (Å²) in [4.78, 5) is 7.69. The number of alkyl halides is 3. The number of halogens is 5. The number of sulfonamides is 1. The van der Waals surface area contributed by atoms with Crippen LogP contribution in [0, 0.1) is 23.0 Å². The number of rotatable bonds is 6. The molecule has 0 bridgehead atoms. The highest BCUT2D eigenvalue weighted by Gasteiger charge is 2.39. The first kappa shape index (κ1) is 25.7. The first-order valence-corrected chi connectivity index (χ1v) is 12.8. The van der Waals surface area contributed by atoms with E-state index in [1.807, 2.05) is 6.07 Å². The number of aromatic nitrogens is 3. The number of nitrogens with one attached hydrogen (secondary N) is 1. The minimum atomic E-state index is -4.79. The third-order valence-electron chi connectivity index (χ3n) is 6.27. The fraction of sp³-hybridized carbons (Fsp3) is 0.240. The molecule has 1 fully saturated rings. The van der Waals surface area contributed by atoms with Gasteiger partial charge in [-0.25, -0.2) is 22.2 Å². The highest BCUT2D eigenvalue weighted by Crippen LogP contribution is 2.44. The first-order chi connectivity index (χ1) is 17.9. The van der Waals surface area contributed by atoms with Gasteiger partial charge in [0.15, 0.2) is 0 Å². The van der Waals surface area contributed by atoms with Gasteiger partial charge >= 0.3 is 6.18 Å². The van der Waals surface area contributed by atoms with Crippen LogP contribution in [0.4, 0.5) is 22.0 Å². The maximum absolute atomic E-state index is 14.9. The lowest BCUT2D eigenvalue weighted by molar-refractivity contribution is -0.147. The minimum Gasteiger partial charge on any atom is -0.291 e. The smallest absolute Gasteiger partial charge is 0.291 e. The molecule has 196 valence electrons. The SMILES string of the molecule is CC(NS(=O)(=O)c1ccc(-c2c(C#N)c3cc(F)c(C4CC4)cc3n2-c2ccc(F)cn2)nc1)C(F)(F)F. The number of hydrogen-bond acceptors (Lipinski definition) is 5. The molecular formula is C25H18F5N5O2S. The van der Waals surface area contributed by atoms with E-state index < -0.39 is 38.8 Å². The lowest BCUT2D eigenvalue weighted by Gasteiger charge is -2.17. The van der Waals surface area contributed by atoms with Crippen molar-refractivity contribution in [2.24, 2.45) is 0 Å². The standard InChI is InChI=1S/C25H18F5N5O2S/c1-13(25(28,29)30)34-38(36,37)16-5-6-21(32-12-16)24-19(10-31)18-8-20(27)17(14-2-3-14)9-22(18)35(24)23-7-4-15(26)11-33-23/h4-9,11-14,34H,2-3H2,1H3. The highest BCUT2D eigenvalue weighted by molar-refractivity contribution is 7.89. The first-order valence-electron chi connectivity index (χ1n) is 11.4. The van der Waals surface area contributed by atoms with Crippen LogP contribution in [-0.2, 0) is 10.0 Å². The number of nitrogens with zero attached hydrogens (tertiary/aromatic N) is 4. The average Bonchev–Trinajstić information content (AvgIpc) is 3.65. The van der Waals surface area contributed by atoms with Gasteiger partial charge in [0, 0.05) is 11.6 Å². The molecule has 0 saturated heterocycles. The van der Waals surface area contributed by atoms with Gasteiger partial charge in [-0.05, 0) is 67.6 Å². The number of benzene rings is 1. The van der Waals surface area contributed by atoms with Crippen molar-refractivity contribution in [3.63, 3.8) is 0 Å². The zero-order valence-electron chi connectivity index (χ0n) is 19.6. The van der Waals surface area contributed by atoms with Crippen LogP contribution in [-0.4, -0.2) is 35.2 Å². The van der Waals surface area contributed by atoms with Gasteiger partial charge in [-0.1, -0.05) is 0 Å². The molecule has 7 nitrogen and oxygen atoms in total. The molecule has 3 aromatic heterocycles. The Kier molecular flexibility index (Phi) is 6.19. The van der Waals surface area contributed by atoms with Crippen molar-refractivity contribution in [1.29, 1.82) is 5.26 Å². The molecule has 1 aliphatic rings. The van der Waals surface area contributed by atoms with E-state index in [1.165, 1.54) is 22.8 Å². The lowest BCUT2D eigenvalue weighted by atomic mass is 10.0. The monoisotopic (exact) mass is 547 g/mol. The Morgan fingerprint density at radius 2 is 1.84 bits per heavy atom. The molecule has 0 aliphatic heterocycles. The number of fused-ring (bicyclic) bond motifs is 1. The number of nitriles is 1. The number of hydrogen-bond donors (Lipinski definition) is 1. The molecule has 5 rings (SSSR count). The summed E-state index contributed by atoms with van der Waals surface area (Å²) in [6.07, 6.45) is -1.33. The fourth-order valence-electron chi connectivity index (χ4n) is 4.17. The van der Waals surface area contributed by atoms with E-state index in [4.69, 9.17) is 0 Å². The molecule has 1 aliphatic carbocycles. The van der Waals surface area contributed by atoms with Gasteiger partial charge in [0.25, 0.3) is 0 Å². The lowest BCUT2D eigenvalue weighted by Crippen LogP contribution is -2.42. The molecule has 1 saturated carbocycles. The van der Waals surface area contributed by atoms with Crippen LogP contribution < -0.4 is 4.72 Å². The van der Waals surface area contributed by atoms with Crippen LogP contribution in [0.15, 0.2) is 53.7 Å². The summed E-state index contributed by atoms with van der Waals surface area (Å²) in [5.74, 6) is -0.857. The summed E-state index contributed by atoms with van der Waals surface area (Å²) in [6.45, 7) is 0.668. The van der Waals surface area contributed by atoms with Crippen LogP contribution in [0.25, 0.3) is 28.1 Å². The topological polar surface area (TPSA) is 101 Å². The molecule has 1 unspecified atom stereocenters. The molecule has 0 spiro atoms. The van der Waals surface area contributed by atoms with Gasteiger partial charge < -0.3 is 0 Å². The Hall–Kier alpha value is -3.89. The molecule has 1 N–H and O–H groups in total. The van der Waals surface area contributed by atoms with Crippen LogP contribution in [0.2, 0.25) is 0 Å². The second-order valence-electron chi connectivity index (χ2n) is 8.93. The van der Waals surface area contributed by atoms with Gasteiger partial charge in [-0.15, -0.1) is 0 Å². The molecule has 0 amide bonds. The molecule has 1 aromatic carbocycles. The maximum Gasteiger partial charge on any atom is 0.404 e. The summed E-state index contributed by atoms with van der Waals surface area (Å²) in [5.41, 5.74) is 1.10. The van der Waals surface area contributed by atoms with E-state index in [2.05, 4.69) is 9.97 Å². The summed E-state index contributed by atoms with van der Waals surface area (Å²) in [5, 5.41) is 10.3. The molecule has 13 heteroatoms. The van der Waals surface area contributed by atoms with Gasteiger partial charge in [0.2, 0.25) is 10.0 Å². The number of pyridine rings is 2. The second-order valence-corrected chi connectivity index (χ2v) is 10.6.